The lowest BCUT2D eigenvalue weighted by molar-refractivity contribution is 0.00865. The zero-order valence-corrected chi connectivity index (χ0v) is 14.0. The predicted molar refractivity (Wildman–Crippen MR) is 89.8 cm³/mol. The molecule has 2 nitrogen and oxygen atoms in total. The van der Waals surface area contributed by atoms with Crippen LogP contribution in [0, 0.1) is 0 Å². The molecule has 21 heavy (non-hydrogen) atoms. The van der Waals surface area contributed by atoms with Gasteiger partial charge in [-0.2, -0.15) is 0 Å². The van der Waals surface area contributed by atoms with Crippen molar-refractivity contribution in [3.63, 3.8) is 0 Å². The number of hydrogen-bond donors (Lipinski definition) is 1. The molecule has 1 heterocycles. The van der Waals surface area contributed by atoms with E-state index < -0.39 is 0 Å². The minimum atomic E-state index is 0.456. The van der Waals surface area contributed by atoms with Gasteiger partial charge in [0, 0.05) is 12.6 Å². The van der Waals surface area contributed by atoms with Crippen LogP contribution in [0.15, 0.2) is 18.2 Å². The van der Waals surface area contributed by atoms with E-state index in [0.717, 1.165) is 19.4 Å². The lowest BCUT2D eigenvalue weighted by Crippen LogP contribution is -2.23. The van der Waals surface area contributed by atoms with Crippen LogP contribution in [-0.2, 0) is 17.6 Å². The van der Waals surface area contributed by atoms with Crippen molar-refractivity contribution in [3.8, 4) is 0 Å². The zero-order chi connectivity index (χ0) is 15.1. The van der Waals surface area contributed by atoms with E-state index >= 15 is 0 Å². The van der Waals surface area contributed by atoms with E-state index in [1.165, 1.54) is 48.8 Å². The molecule has 2 unspecified atom stereocenters. The van der Waals surface area contributed by atoms with Crippen molar-refractivity contribution in [2.45, 2.75) is 70.9 Å². The summed E-state index contributed by atoms with van der Waals surface area (Å²) >= 11 is 0. The molecule has 0 spiro atoms. The van der Waals surface area contributed by atoms with Gasteiger partial charge in [0.15, 0.2) is 0 Å². The van der Waals surface area contributed by atoms with Gasteiger partial charge in [0.1, 0.15) is 0 Å². The van der Waals surface area contributed by atoms with E-state index in [2.05, 4.69) is 44.4 Å². The molecule has 1 aromatic carbocycles. The standard InChI is InChI=1S/C19H31NO/c1-4-15-9-10-16(5-2)18(14-15)19(20-3)12-11-17-8-6-7-13-21-17/h9-10,14,17,19-20H,4-8,11-13H2,1-3H3. The highest BCUT2D eigenvalue weighted by atomic mass is 16.5. The Morgan fingerprint density at radius 1 is 1.24 bits per heavy atom. The summed E-state index contributed by atoms with van der Waals surface area (Å²) in [7, 11) is 2.09. The highest BCUT2D eigenvalue weighted by molar-refractivity contribution is 5.34. The van der Waals surface area contributed by atoms with Gasteiger partial charge in [-0.3, -0.25) is 0 Å². The number of benzene rings is 1. The number of ether oxygens (including phenoxy) is 1. The van der Waals surface area contributed by atoms with Gasteiger partial charge in [-0.25, -0.2) is 0 Å². The van der Waals surface area contributed by atoms with Gasteiger partial charge in [-0.1, -0.05) is 32.0 Å². The number of hydrogen-bond acceptors (Lipinski definition) is 2. The van der Waals surface area contributed by atoms with Gasteiger partial charge in [-0.05, 0) is 68.7 Å². The highest BCUT2D eigenvalue weighted by Gasteiger charge is 2.18. The number of rotatable bonds is 7. The summed E-state index contributed by atoms with van der Waals surface area (Å²) < 4.78 is 5.88. The summed E-state index contributed by atoms with van der Waals surface area (Å²) in [5.41, 5.74) is 4.42. The van der Waals surface area contributed by atoms with Crippen molar-refractivity contribution in [2.24, 2.45) is 0 Å². The molecular weight excluding hydrogens is 258 g/mol. The van der Waals surface area contributed by atoms with Crippen LogP contribution in [0.2, 0.25) is 0 Å². The maximum atomic E-state index is 5.88. The minimum Gasteiger partial charge on any atom is -0.378 e. The van der Waals surface area contributed by atoms with Gasteiger partial charge in [0.05, 0.1) is 6.10 Å². The second-order valence-electron chi connectivity index (χ2n) is 6.15. The first kappa shape index (κ1) is 16.5. The van der Waals surface area contributed by atoms with Crippen molar-refractivity contribution in [3.05, 3.63) is 34.9 Å². The largest absolute Gasteiger partial charge is 0.378 e. The molecule has 1 aromatic rings. The van der Waals surface area contributed by atoms with Crippen LogP contribution in [0.3, 0.4) is 0 Å². The summed E-state index contributed by atoms with van der Waals surface area (Å²) in [6.07, 6.45) is 8.86. The first-order valence-corrected chi connectivity index (χ1v) is 8.69. The molecule has 118 valence electrons. The quantitative estimate of drug-likeness (QED) is 0.802. The SMILES string of the molecule is CCc1ccc(CC)c(C(CCC2CCCCO2)NC)c1. The molecular formula is C19H31NO. The Kier molecular flexibility index (Phi) is 6.72. The molecule has 1 aliphatic heterocycles. The van der Waals surface area contributed by atoms with Crippen molar-refractivity contribution in [2.75, 3.05) is 13.7 Å². The first-order chi connectivity index (χ1) is 10.3. The van der Waals surface area contributed by atoms with Crippen LogP contribution >= 0.6 is 0 Å². The topological polar surface area (TPSA) is 21.3 Å². The molecule has 0 aromatic heterocycles. The second-order valence-corrected chi connectivity index (χ2v) is 6.15. The molecule has 1 fully saturated rings. The fourth-order valence-electron chi connectivity index (χ4n) is 3.35. The smallest absolute Gasteiger partial charge is 0.0575 e. The van der Waals surface area contributed by atoms with E-state index in [-0.39, 0.29) is 0 Å². The van der Waals surface area contributed by atoms with Gasteiger partial charge < -0.3 is 10.1 Å². The van der Waals surface area contributed by atoms with Gasteiger partial charge in [0.2, 0.25) is 0 Å². The van der Waals surface area contributed by atoms with E-state index in [0.29, 0.717) is 12.1 Å². The van der Waals surface area contributed by atoms with Gasteiger partial charge in [-0.15, -0.1) is 0 Å². The first-order valence-electron chi connectivity index (χ1n) is 8.69. The lowest BCUT2D eigenvalue weighted by atomic mass is 9.91. The lowest BCUT2D eigenvalue weighted by Gasteiger charge is -2.26. The second kappa shape index (κ2) is 8.55. The molecule has 1 aliphatic rings. The molecule has 1 N–H and O–H groups in total. The van der Waals surface area contributed by atoms with E-state index in [1.807, 2.05) is 0 Å². The third-order valence-electron chi connectivity index (χ3n) is 4.77. The molecule has 2 atom stereocenters. The molecule has 0 aliphatic carbocycles. The van der Waals surface area contributed by atoms with Crippen LogP contribution < -0.4 is 5.32 Å². The van der Waals surface area contributed by atoms with E-state index in [4.69, 9.17) is 4.74 Å². The summed E-state index contributed by atoms with van der Waals surface area (Å²) in [5.74, 6) is 0. The molecule has 2 rings (SSSR count). The molecule has 0 radical (unpaired) electrons. The number of aryl methyl sites for hydroxylation is 2. The van der Waals surface area contributed by atoms with Crippen molar-refractivity contribution >= 4 is 0 Å². The summed E-state index contributed by atoms with van der Waals surface area (Å²) in [6, 6.07) is 7.45. The van der Waals surface area contributed by atoms with E-state index in [9.17, 15) is 0 Å². The summed E-state index contributed by atoms with van der Waals surface area (Å²) in [6.45, 7) is 5.44. The zero-order valence-electron chi connectivity index (χ0n) is 14.0. The van der Waals surface area contributed by atoms with Crippen molar-refractivity contribution in [1.82, 2.24) is 5.32 Å². The number of nitrogens with one attached hydrogen (secondary N) is 1. The molecule has 0 saturated carbocycles. The Balaban J connectivity index is 2.04. The fourth-order valence-corrected chi connectivity index (χ4v) is 3.35. The summed E-state index contributed by atoms with van der Waals surface area (Å²) in [5, 5.41) is 3.53. The Hall–Kier alpha value is -0.860. The average Bonchev–Trinajstić information content (AvgIpc) is 2.56. The van der Waals surface area contributed by atoms with Gasteiger partial charge >= 0.3 is 0 Å². The van der Waals surface area contributed by atoms with Crippen LogP contribution in [0.25, 0.3) is 0 Å². The Morgan fingerprint density at radius 2 is 2.10 bits per heavy atom. The maximum absolute atomic E-state index is 5.88. The summed E-state index contributed by atoms with van der Waals surface area (Å²) in [4.78, 5) is 0. The van der Waals surface area contributed by atoms with Crippen LogP contribution in [0.5, 0.6) is 0 Å². The Morgan fingerprint density at radius 3 is 2.71 bits per heavy atom. The monoisotopic (exact) mass is 289 g/mol. The highest BCUT2D eigenvalue weighted by Crippen LogP contribution is 2.27. The van der Waals surface area contributed by atoms with Gasteiger partial charge in [0.25, 0.3) is 0 Å². The average molecular weight is 289 g/mol. The third-order valence-corrected chi connectivity index (χ3v) is 4.77. The predicted octanol–water partition coefficient (Wildman–Crippen LogP) is 4.42. The molecule has 0 bridgehead atoms. The van der Waals surface area contributed by atoms with Crippen molar-refractivity contribution in [1.29, 1.82) is 0 Å². The molecule has 1 saturated heterocycles. The molecule has 2 heteroatoms. The Bertz CT molecular complexity index is 424. The minimum absolute atomic E-state index is 0.456. The normalized spacial score (nSPS) is 20.4. The Labute approximate surface area is 130 Å². The van der Waals surface area contributed by atoms with Crippen LogP contribution in [0.4, 0.5) is 0 Å². The molecule has 0 amide bonds. The maximum Gasteiger partial charge on any atom is 0.0575 e. The van der Waals surface area contributed by atoms with Crippen molar-refractivity contribution < 1.29 is 4.74 Å². The third kappa shape index (κ3) is 4.55. The fraction of sp³-hybridized carbons (Fsp3) is 0.684. The van der Waals surface area contributed by atoms with Crippen LogP contribution in [0.1, 0.15) is 68.7 Å². The van der Waals surface area contributed by atoms with E-state index in [1.54, 1.807) is 0 Å². The van der Waals surface area contributed by atoms with Crippen LogP contribution in [-0.4, -0.2) is 19.8 Å².